The molecule has 1 atom stereocenters. The zero-order valence-corrected chi connectivity index (χ0v) is 23.3. The quantitative estimate of drug-likeness (QED) is 0.407. The number of furan rings is 1. The van der Waals surface area contributed by atoms with Crippen molar-refractivity contribution in [2.24, 2.45) is 5.92 Å². The van der Waals surface area contributed by atoms with Gasteiger partial charge in [0, 0.05) is 25.2 Å². The van der Waals surface area contributed by atoms with Crippen molar-refractivity contribution in [3.05, 3.63) is 47.7 Å². The van der Waals surface area contributed by atoms with E-state index in [1.54, 1.807) is 18.2 Å². The minimum absolute atomic E-state index is 0.0199. The van der Waals surface area contributed by atoms with E-state index in [-0.39, 0.29) is 11.8 Å². The van der Waals surface area contributed by atoms with Gasteiger partial charge in [-0.15, -0.1) is 0 Å². The van der Waals surface area contributed by atoms with Crippen LogP contribution in [0.4, 0.5) is 13.2 Å². The Morgan fingerprint density at radius 3 is 2.50 bits per heavy atom. The maximum atomic E-state index is 13.7. The maximum absolute atomic E-state index is 13.7. The fourth-order valence-corrected chi connectivity index (χ4v) is 6.70. The Balaban J connectivity index is 1.24. The van der Waals surface area contributed by atoms with Gasteiger partial charge in [-0.25, -0.2) is 0 Å². The highest BCUT2D eigenvalue weighted by molar-refractivity contribution is 6.00. The first-order valence-corrected chi connectivity index (χ1v) is 14.8. The number of rotatable bonds is 8. The molecule has 1 aromatic heterocycles. The van der Waals surface area contributed by atoms with Gasteiger partial charge in [0.2, 0.25) is 11.8 Å². The van der Waals surface area contributed by atoms with E-state index >= 15 is 0 Å². The van der Waals surface area contributed by atoms with Gasteiger partial charge in [-0.2, -0.15) is 13.2 Å². The van der Waals surface area contributed by atoms with E-state index in [9.17, 15) is 22.8 Å². The smallest absolute Gasteiger partial charge is 0.416 e. The van der Waals surface area contributed by atoms with Crippen molar-refractivity contribution in [3.63, 3.8) is 0 Å². The predicted molar refractivity (Wildman–Crippen MR) is 146 cm³/mol. The number of piperazine rings is 1. The summed E-state index contributed by atoms with van der Waals surface area (Å²) in [6, 6.07) is 8.19. The third-order valence-corrected chi connectivity index (χ3v) is 9.04. The van der Waals surface area contributed by atoms with Gasteiger partial charge in [-0.05, 0) is 55.9 Å². The number of hydrogen-bond acceptors (Lipinski definition) is 4. The SMILES string of the molecule is CCCCN1C(=O)C(CC2CCCCC2)NC(=O)C12CCN(Cc1ccc(-c3cccc(C(F)(F)F)c3)o1)CC2. The normalized spacial score (nSPS) is 22.6. The maximum Gasteiger partial charge on any atom is 0.416 e. The molecule has 40 heavy (non-hydrogen) atoms. The molecule has 1 unspecified atom stereocenters. The molecule has 9 heteroatoms. The molecule has 5 rings (SSSR count). The lowest BCUT2D eigenvalue weighted by molar-refractivity contribution is -0.162. The number of carbonyl (C=O) groups excluding carboxylic acids is 2. The number of nitrogens with one attached hydrogen (secondary N) is 1. The fraction of sp³-hybridized carbons (Fsp3) is 0.613. The van der Waals surface area contributed by atoms with E-state index < -0.39 is 23.3 Å². The summed E-state index contributed by atoms with van der Waals surface area (Å²) in [5.41, 5.74) is -1.15. The van der Waals surface area contributed by atoms with E-state index in [0.717, 1.165) is 44.2 Å². The number of unbranched alkanes of at least 4 members (excludes halogenated alkanes) is 1. The number of likely N-dealkylation sites (tertiary alicyclic amines) is 1. The number of carbonyl (C=O) groups is 2. The summed E-state index contributed by atoms with van der Waals surface area (Å²) in [5, 5.41) is 3.13. The molecule has 218 valence electrons. The lowest BCUT2D eigenvalue weighted by Crippen LogP contribution is -2.73. The molecule has 2 aromatic rings. The van der Waals surface area contributed by atoms with Crippen molar-refractivity contribution in [2.45, 2.75) is 95.4 Å². The van der Waals surface area contributed by atoms with E-state index in [2.05, 4.69) is 17.1 Å². The number of benzene rings is 1. The van der Waals surface area contributed by atoms with Crippen LogP contribution in [0.15, 0.2) is 40.8 Å². The topological polar surface area (TPSA) is 65.8 Å². The van der Waals surface area contributed by atoms with Crippen molar-refractivity contribution in [3.8, 4) is 11.3 Å². The van der Waals surface area contributed by atoms with Crippen LogP contribution in [0.25, 0.3) is 11.3 Å². The Labute approximate surface area is 234 Å². The summed E-state index contributed by atoms with van der Waals surface area (Å²) in [6.07, 6.45) is 5.18. The lowest BCUT2D eigenvalue weighted by Gasteiger charge is -2.52. The van der Waals surface area contributed by atoms with Gasteiger partial charge in [0.15, 0.2) is 0 Å². The Morgan fingerprint density at radius 1 is 1.05 bits per heavy atom. The van der Waals surface area contributed by atoms with Crippen molar-refractivity contribution >= 4 is 11.8 Å². The van der Waals surface area contributed by atoms with Crippen molar-refractivity contribution in [1.82, 2.24) is 15.1 Å². The van der Waals surface area contributed by atoms with E-state index in [0.29, 0.717) is 62.0 Å². The third-order valence-electron chi connectivity index (χ3n) is 9.04. The molecule has 0 bridgehead atoms. The molecule has 3 heterocycles. The molecule has 2 aliphatic heterocycles. The van der Waals surface area contributed by atoms with Crippen LogP contribution in [-0.4, -0.2) is 52.8 Å². The average molecular weight is 560 g/mol. The van der Waals surface area contributed by atoms with Gasteiger partial charge < -0.3 is 14.6 Å². The molecule has 3 aliphatic rings. The summed E-state index contributed by atoms with van der Waals surface area (Å²) >= 11 is 0. The van der Waals surface area contributed by atoms with Crippen molar-refractivity contribution < 1.29 is 27.2 Å². The molecule has 1 saturated carbocycles. The fourth-order valence-electron chi connectivity index (χ4n) is 6.70. The van der Waals surface area contributed by atoms with Crippen LogP contribution in [0, 0.1) is 5.92 Å². The van der Waals surface area contributed by atoms with Crippen LogP contribution >= 0.6 is 0 Å². The Morgan fingerprint density at radius 2 is 1.80 bits per heavy atom. The third kappa shape index (κ3) is 6.09. The van der Waals surface area contributed by atoms with Crippen LogP contribution in [0.3, 0.4) is 0 Å². The van der Waals surface area contributed by atoms with E-state index in [1.807, 2.05) is 4.90 Å². The molecule has 1 aromatic carbocycles. The average Bonchev–Trinajstić information content (AvgIpc) is 3.41. The summed E-state index contributed by atoms with van der Waals surface area (Å²) in [5.74, 6) is 1.60. The largest absolute Gasteiger partial charge is 0.460 e. The summed E-state index contributed by atoms with van der Waals surface area (Å²) in [4.78, 5) is 31.5. The van der Waals surface area contributed by atoms with Crippen molar-refractivity contribution in [2.75, 3.05) is 19.6 Å². The first kappa shape index (κ1) is 28.7. The van der Waals surface area contributed by atoms with Crippen LogP contribution in [0.1, 0.15) is 82.5 Å². The number of alkyl halides is 3. The second-order valence-electron chi connectivity index (χ2n) is 11.8. The highest BCUT2D eigenvalue weighted by atomic mass is 19.4. The van der Waals surface area contributed by atoms with Crippen LogP contribution in [0.2, 0.25) is 0 Å². The molecule has 2 saturated heterocycles. The van der Waals surface area contributed by atoms with Gasteiger partial charge >= 0.3 is 6.18 Å². The highest BCUT2D eigenvalue weighted by Crippen LogP contribution is 2.37. The van der Waals surface area contributed by atoms with Crippen LogP contribution in [-0.2, 0) is 22.3 Å². The Kier molecular flexibility index (Phi) is 8.59. The summed E-state index contributed by atoms with van der Waals surface area (Å²) in [6.45, 7) is 4.43. The molecule has 6 nitrogen and oxygen atoms in total. The lowest BCUT2D eigenvalue weighted by atomic mass is 9.79. The first-order valence-electron chi connectivity index (χ1n) is 14.8. The zero-order chi connectivity index (χ0) is 28.3. The molecule has 0 radical (unpaired) electrons. The number of nitrogens with zero attached hydrogens (tertiary/aromatic N) is 2. The zero-order valence-electron chi connectivity index (χ0n) is 23.3. The summed E-state index contributed by atoms with van der Waals surface area (Å²) < 4.78 is 45.3. The van der Waals surface area contributed by atoms with Gasteiger partial charge in [0.25, 0.3) is 0 Å². The summed E-state index contributed by atoms with van der Waals surface area (Å²) in [7, 11) is 0. The van der Waals surface area contributed by atoms with Gasteiger partial charge in [-0.1, -0.05) is 57.6 Å². The minimum atomic E-state index is -4.41. The predicted octanol–water partition coefficient (Wildman–Crippen LogP) is 6.40. The molecular weight excluding hydrogens is 519 g/mol. The van der Waals surface area contributed by atoms with Crippen LogP contribution < -0.4 is 5.32 Å². The Bertz CT molecular complexity index is 1180. The number of hydrogen-bond donors (Lipinski definition) is 1. The number of amides is 2. The molecule has 1 N–H and O–H groups in total. The van der Waals surface area contributed by atoms with Gasteiger partial charge in [0.05, 0.1) is 12.1 Å². The van der Waals surface area contributed by atoms with Gasteiger partial charge in [0.1, 0.15) is 23.1 Å². The number of piperidine rings is 1. The monoisotopic (exact) mass is 559 g/mol. The first-order chi connectivity index (χ1) is 19.2. The molecule has 2 amide bonds. The van der Waals surface area contributed by atoms with E-state index in [1.165, 1.54) is 25.3 Å². The second kappa shape index (κ2) is 12.0. The van der Waals surface area contributed by atoms with Crippen LogP contribution in [0.5, 0.6) is 0 Å². The standard InChI is InChI=1S/C31H40F3N3O3/c1-2-3-16-37-28(38)26(19-22-8-5-4-6-9-22)35-29(39)30(37)14-17-36(18-15-30)21-25-12-13-27(40-25)23-10-7-11-24(20-23)31(32,33)34/h7,10-13,20,22,26H,2-6,8-9,14-19,21H2,1H3,(H,35,39). The molecule has 1 aliphatic carbocycles. The van der Waals surface area contributed by atoms with Gasteiger partial charge in [-0.3, -0.25) is 14.5 Å². The molecule has 3 fully saturated rings. The molecule has 1 spiro atoms. The van der Waals surface area contributed by atoms with Crippen molar-refractivity contribution in [1.29, 1.82) is 0 Å². The second-order valence-corrected chi connectivity index (χ2v) is 11.8. The van der Waals surface area contributed by atoms with E-state index in [4.69, 9.17) is 4.42 Å². The Hall–Kier alpha value is -2.81. The highest BCUT2D eigenvalue weighted by Gasteiger charge is 2.53. The minimum Gasteiger partial charge on any atom is -0.460 e. The number of halogens is 3. The molecular formula is C31H40F3N3O3.